The highest BCUT2D eigenvalue weighted by Gasteiger charge is 2.15. The average molecular weight is 340 g/mol. The lowest BCUT2D eigenvalue weighted by Gasteiger charge is -2.28. The van der Waals surface area contributed by atoms with Crippen LogP contribution in [0.3, 0.4) is 0 Å². The van der Waals surface area contributed by atoms with Crippen molar-refractivity contribution in [3.8, 4) is 11.8 Å². The molecule has 0 bridgehead atoms. The molecule has 144 valence electrons. The fraction of sp³-hybridized carbons (Fsp3) is 0.909. The Morgan fingerprint density at radius 1 is 1.00 bits per heavy atom. The number of hydrogen-bond acceptors (Lipinski definition) is 2. The van der Waals surface area contributed by atoms with Gasteiger partial charge in [-0.25, -0.2) is 0 Å². The van der Waals surface area contributed by atoms with Crippen LogP contribution in [0.2, 0.25) is 0 Å². The SMILES string of the molecule is CC.CC.CC(C)C#CC1CCC1.COCCC1CCN(C)CC1. The minimum atomic E-state index is 0.561. The highest BCUT2D eigenvalue weighted by atomic mass is 16.5. The molecule has 2 fully saturated rings. The Bertz CT molecular complexity index is 288. The first-order chi connectivity index (χ1) is 11.6. The second-order valence-electron chi connectivity index (χ2n) is 6.60. The number of nitrogens with zero attached hydrogens (tertiary/aromatic N) is 1. The van der Waals surface area contributed by atoms with Crippen molar-refractivity contribution in [2.75, 3.05) is 33.9 Å². The van der Waals surface area contributed by atoms with E-state index >= 15 is 0 Å². The number of likely N-dealkylation sites (tertiary alicyclic amines) is 1. The van der Waals surface area contributed by atoms with Gasteiger partial charge in [0.2, 0.25) is 0 Å². The molecule has 0 aromatic heterocycles. The van der Waals surface area contributed by atoms with E-state index in [1.165, 1.54) is 51.6 Å². The van der Waals surface area contributed by atoms with Crippen LogP contribution in [0.25, 0.3) is 0 Å². The maximum atomic E-state index is 5.06. The first kappa shape index (κ1) is 25.7. The molecule has 1 aliphatic heterocycles. The Morgan fingerprint density at radius 3 is 1.92 bits per heavy atom. The molecule has 0 amide bonds. The number of hydrogen-bond donors (Lipinski definition) is 0. The van der Waals surface area contributed by atoms with E-state index in [0.717, 1.165) is 18.4 Å². The third-order valence-electron chi connectivity index (χ3n) is 4.25. The van der Waals surface area contributed by atoms with Gasteiger partial charge in [-0.05, 0) is 58.2 Å². The van der Waals surface area contributed by atoms with Crippen molar-refractivity contribution in [2.45, 2.75) is 80.1 Å². The predicted molar refractivity (Wildman–Crippen MR) is 109 cm³/mol. The summed E-state index contributed by atoms with van der Waals surface area (Å²) in [5, 5.41) is 0. The maximum absolute atomic E-state index is 5.06. The van der Waals surface area contributed by atoms with Crippen molar-refractivity contribution < 1.29 is 4.74 Å². The fourth-order valence-corrected chi connectivity index (χ4v) is 2.47. The molecule has 2 aliphatic rings. The molecule has 0 radical (unpaired) electrons. The van der Waals surface area contributed by atoms with Gasteiger partial charge < -0.3 is 9.64 Å². The summed E-state index contributed by atoms with van der Waals surface area (Å²) in [4.78, 5) is 2.41. The van der Waals surface area contributed by atoms with Gasteiger partial charge in [0, 0.05) is 25.6 Å². The normalized spacial score (nSPS) is 17.7. The Labute approximate surface area is 153 Å². The van der Waals surface area contributed by atoms with E-state index in [2.05, 4.69) is 37.6 Å². The molecule has 2 heteroatoms. The van der Waals surface area contributed by atoms with Gasteiger partial charge in [-0.3, -0.25) is 0 Å². The van der Waals surface area contributed by atoms with Crippen molar-refractivity contribution in [1.82, 2.24) is 4.90 Å². The van der Waals surface area contributed by atoms with Crippen molar-refractivity contribution >= 4 is 0 Å². The summed E-state index contributed by atoms with van der Waals surface area (Å²) in [7, 11) is 3.99. The zero-order chi connectivity index (χ0) is 18.8. The monoisotopic (exact) mass is 339 g/mol. The van der Waals surface area contributed by atoms with E-state index in [1.807, 2.05) is 27.7 Å². The minimum Gasteiger partial charge on any atom is -0.385 e. The zero-order valence-electron chi connectivity index (χ0n) is 18.0. The molecule has 24 heavy (non-hydrogen) atoms. The molecule has 2 rings (SSSR count). The van der Waals surface area contributed by atoms with Crippen LogP contribution in [0, 0.1) is 29.6 Å². The molecule has 0 unspecified atom stereocenters. The van der Waals surface area contributed by atoms with Crippen LogP contribution in [0.15, 0.2) is 0 Å². The van der Waals surface area contributed by atoms with E-state index in [-0.39, 0.29) is 0 Å². The first-order valence-electron chi connectivity index (χ1n) is 10.3. The van der Waals surface area contributed by atoms with Gasteiger partial charge in [0.25, 0.3) is 0 Å². The first-order valence-corrected chi connectivity index (χ1v) is 10.3. The molecule has 0 aromatic carbocycles. The summed E-state index contributed by atoms with van der Waals surface area (Å²) in [6.07, 6.45) is 8.07. The van der Waals surface area contributed by atoms with Gasteiger partial charge in [0.05, 0.1) is 0 Å². The van der Waals surface area contributed by atoms with Crippen LogP contribution in [0.5, 0.6) is 0 Å². The summed E-state index contributed by atoms with van der Waals surface area (Å²) in [5.41, 5.74) is 0. The summed E-state index contributed by atoms with van der Waals surface area (Å²) < 4.78 is 5.06. The number of rotatable bonds is 3. The summed E-state index contributed by atoms with van der Waals surface area (Å²) in [6.45, 7) is 15.8. The quantitative estimate of drug-likeness (QED) is 0.597. The molecule has 1 saturated carbocycles. The summed E-state index contributed by atoms with van der Waals surface area (Å²) >= 11 is 0. The van der Waals surface area contributed by atoms with E-state index < -0.39 is 0 Å². The lowest BCUT2D eigenvalue weighted by atomic mass is 9.86. The lowest BCUT2D eigenvalue weighted by Crippen LogP contribution is -2.30. The summed E-state index contributed by atoms with van der Waals surface area (Å²) in [5.74, 6) is 8.71. The Hall–Kier alpha value is -0.520. The summed E-state index contributed by atoms with van der Waals surface area (Å²) in [6, 6.07) is 0. The smallest absolute Gasteiger partial charge is 0.0464 e. The van der Waals surface area contributed by atoms with Crippen molar-refractivity contribution in [3.05, 3.63) is 0 Å². The highest BCUT2D eigenvalue weighted by molar-refractivity contribution is 5.07. The Kier molecular flexibility index (Phi) is 20.2. The van der Waals surface area contributed by atoms with Crippen molar-refractivity contribution in [2.24, 2.45) is 17.8 Å². The Balaban J connectivity index is 0. The van der Waals surface area contributed by atoms with Crippen LogP contribution in [-0.4, -0.2) is 38.8 Å². The minimum absolute atomic E-state index is 0.561. The van der Waals surface area contributed by atoms with Crippen molar-refractivity contribution in [1.29, 1.82) is 0 Å². The number of piperidine rings is 1. The number of ether oxygens (including phenoxy) is 1. The third kappa shape index (κ3) is 15.0. The third-order valence-corrected chi connectivity index (χ3v) is 4.25. The molecule has 1 aliphatic carbocycles. The van der Waals surface area contributed by atoms with Gasteiger partial charge in [0.1, 0.15) is 0 Å². The van der Waals surface area contributed by atoms with E-state index in [1.54, 1.807) is 7.11 Å². The Morgan fingerprint density at radius 2 is 1.54 bits per heavy atom. The molecular formula is C22H45NO. The molecule has 0 N–H and O–H groups in total. The van der Waals surface area contributed by atoms with Gasteiger partial charge in [-0.2, -0.15) is 0 Å². The van der Waals surface area contributed by atoms with Crippen LogP contribution in [0.4, 0.5) is 0 Å². The molecule has 1 heterocycles. The van der Waals surface area contributed by atoms with Gasteiger partial charge in [-0.15, -0.1) is 5.92 Å². The van der Waals surface area contributed by atoms with Crippen LogP contribution in [-0.2, 0) is 4.74 Å². The highest BCUT2D eigenvalue weighted by Crippen LogP contribution is 2.25. The second-order valence-corrected chi connectivity index (χ2v) is 6.60. The van der Waals surface area contributed by atoms with E-state index in [9.17, 15) is 0 Å². The van der Waals surface area contributed by atoms with Crippen molar-refractivity contribution in [3.63, 3.8) is 0 Å². The van der Waals surface area contributed by atoms with Gasteiger partial charge in [0.15, 0.2) is 0 Å². The standard InChI is InChI=1S/C9H19NO.C9H14.2C2H6/c1-10-6-3-9(4-7-10)5-8-11-2;1-8(2)6-7-9-4-3-5-9;2*1-2/h9H,3-8H2,1-2H3;8-9H,3-5H2,1-2H3;2*1-2H3. The second kappa shape index (κ2) is 18.8. The molecule has 2 nitrogen and oxygen atoms in total. The molecule has 1 saturated heterocycles. The fourth-order valence-electron chi connectivity index (χ4n) is 2.47. The molecule has 0 aromatic rings. The van der Waals surface area contributed by atoms with Gasteiger partial charge >= 0.3 is 0 Å². The lowest BCUT2D eigenvalue weighted by molar-refractivity contribution is 0.146. The zero-order valence-corrected chi connectivity index (χ0v) is 18.0. The van der Waals surface area contributed by atoms with Crippen LogP contribution in [0.1, 0.15) is 80.1 Å². The predicted octanol–water partition coefficient (Wildman–Crippen LogP) is 5.86. The van der Waals surface area contributed by atoms with Crippen LogP contribution >= 0.6 is 0 Å². The topological polar surface area (TPSA) is 12.5 Å². The average Bonchev–Trinajstić information content (AvgIpc) is 2.57. The maximum Gasteiger partial charge on any atom is 0.0464 e. The van der Waals surface area contributed by atoms with Gasteiger partial charge in [-0.1, -0.05) is 53.9 Å². The molecule has 0 spiro atoms. The van der Waals surface area contributed by atoms with E-state index in [0.29, 0.717) is 5.92 Å². The number of methoxy groups -OCH3 is 1. The largest absolute Gasteiger partial charge is 0.385 e. The van der Waals surface area contributed by atoms with E-state index in [4.69, 9.17) is 4.74 Å². The van der Waals surface area contributed by atoms with Crippen LogP contribution < -0.4 is 0 Å². The molecular weight excluding hydrogens is 294 g/mol. The molecule has 0 atom stereocenters.